The van der Waals surface area contributed by atoms with Gasteiger partial charge in [0.2, 0.25) is 0 Å². The molecule has 0 unspecified atom stereocenters. The molecule has 0 amide bonds. The van der Waals surface area contributed by atoms with Gasteiger partial charge in [0.25, 0.3) is 5.69 Å². The molecule has 0 aliphatic carbocycles. The van der Waals surface area contributed by atoms with E-state index < -0.39 is 10.7 Å². The second kappa shape index (κ2) is 4.93. The number of anilines is 1. The van der Waals surface area contributed by atoms with E-state index in [0.717, 1.165) is 5.56 Å². The number of nitrogens with two attached hydrogens (primary N) is 1. The van der Waals surface area contributed by atoms with Crippen LogP contribution in [-0.2, 0) is 0 Å². The Kier molecular flexibility index (Phi) is 3.33. The van der Waals surface area contributed by atoms with Crippen molar-refractivity contribution >= 4 is 11.4 Å². The number of nitrogens with zero attached hydrogens (tertiary/aromatic N) is 1. The summed E-state index contributed by atoms with van der Waals surface area (Å²) < 4.78 is 18.6. The summed E-state index contributed by atoms with van der Waals surface area (Å²) in [5.41, 5.74) is 6.10. The number of halogens is 1. The van der Waals surface area contributed by atoms with E-state index in [1.807, 2.05) is 0 Å². The first-order chi connectivity index (χ1) is 8.97. The van der Waals surface area contributed by atoms with Crippen LogP contribution in [0.1, 0.15) is 5.56 Å². The molecule has 0 bridgehead atoms. The second-order valence-corrected chi connectivity index (χ2v) is 3.99. The predicted molar refractivity (Wildman–Crippen MR) is 68.7 cm³/mol. The Labute approximate surface area is 108 Å². The fourth-order valence-corrected chi connectivity index (χ4v) is 1.57. The molecule has 0 spiro atoms. The molecule has 0 heterocycles. The van der Waals surface area contributed by atoms with Crippen LogP contribution in [0.3, 0.4) is 0 Å². The number of hydrogen-bond acceptors (Lipinski definition) is 4. The van der Waals surface area contributed by atoms with Crippen molar-refractivity contribution in [3.63, 3.8) is 0 Å². The first-order valence-corrected chi connectivity index (χ1v) is 5.45. The minimum atomic E-state index is -0.577. The molecule has 0 saturated carbocycles. The predicted octanol–water partition coefficient (Wildman–Crippen LogP) is 3.42. The van der Waals surface area contributed by atoms with E-state index in [-0.39, 0.29) is 11.4 Å². The van der Waals surface area contributed by atoms with Gasteiger partial charge in [-0.25, -0.2) is 4.39 Å². The van der Waals surface area contributed by atoms with Gasteiger partial charge in [-0.3, -0.25) is 10.1 Å². The maximum Gasteiger partial charge on any atom is 0.292 e. The molecule has 0 aliphatic heterocycles. The molecule has 5 nitrogen and oxygen atoms in total. The van der Waals surface area contributed by atoms with E-state index >= 15 is 0 Å². The lowest BCUT2D eigenvalue weighted by Gasteiger charge is -2.09. The van der Waals surface area contributed by atoms with Gasteiger partial charge in [0.1, 0.15) is 23.0 Å². The Morgan fingerprint density at radius 3 is 2.63 bits per heavy atom. The molecule has 2 N–H and O–H groups in total. The van der Waals surface area contributed by atoms with Crippen molar-refractivity contribution in [1.82, 2.24) is 0 Å². The molecule has 2 rings (SSSR count). The van der Waals surface area contributed by atoms with Gasteiger partial charge in [-0.1, -0.05) is 6.07 Å². The first kappa shape index (κ1) is 12.8. The zero-order valence-electron chi connectivity index (χ0n) is 10.1. The number of benzene rings is 2. The van der Waals surface area contributed by atoms with Crippen molar-refractivity contribution in [2.45, 2.75) is 6.92 Å². The van der Waals surface area contributed by atoms with Gasteiger partial charge in [-0.15, -0.1) is 0 Å². The van der Waals surface area contributed by atoms with Gasteiger partial charge >= 0.3 is 0 Å². The summed E-state index contributed by atoms with van der Waals surface area (Å²) >= 11 is 0. The molecule has 98 valence electrons. The topological polar surface area (TPSA) is 78.4 Å². The third-order valence-electron chi connectivity index (χ3n) is 2.57. The van der Waals surface area contributed by atoms with Crippen LogP contribution in [0.15, 0.2) is 36.4 Å². The van der Waals surface area contributed by atoms with E-state index in [1.54, 1.807) is 13.0 Å². The molecule has 2 aromatic carbocycles. The summed E-state index contributed by atoms with van der Waals surface area (Å²) in [4.78, 5) is 10.0. The van der Waals surface area contributed by atoms with Gasteiger partial charge < -0.3 is 10.5 Å². The van der Waals surface area contributed by atoms with Crippen LogP contribution < -0.4 is 10.5 Å². The highest BCUT2D eigenvalue weighted by Crippen LogP contribution is 2.30. The average Bonchev–Trinajstić information content (AvgIpc) is 2.33. The average molecular weight is 262 g/mol. The van der Waals surface area contributed by atoms with Crippen LogP contribution in [0.5, 0.6) is 11.5 Å². The third-order valence-corrected chi connectivity index (χ3v) is 2.57. The van der Waals surface area contributed by atoms with Crippen LogP contribution in [0.25, 0.3) is 0 Å². The van der Waals surface area contributed by atoms with Crippen LogP contribution >= 0.6 is 0 Å². The van der Waals surface area contributed by atoms with E-state index in [4.69, 9.17) is 10.5 Å². The monoisotopic (exact) mass is 262 g/mol. The maximum absolute atomic E-state index is 13.1. The largest absolute Gasteiger partial charge is 0.457 e. The Hall–Kier alpha value is -2.63. The van der Waals surface area contributed by atoms with Crippen molar-refractivity contribution in [1.29, 1.82) is 0 Å². The highest BCUT2D eigenvalue weighted by Gasteiger charge is 2.12. The van der Waals surface area contributed by atoms with Gasteiger partial charge in [0.15, 0.2) is 0 Å². The van der Waals surface area contributed by atoms with Gasteiger partial charge in [-0.2, -0.15) is 0 Å². The standard InChI is InChI=1S/C13H11FN2O3/c1-8-2-3-9(14)6-13(8)19-10-4-5-12(16(17)18)11(15)7-10/h2-7H,15H2,1H3. The lowest BCUT2D eigenvalue weighted by atomic mass is 10.2. The fraction of sp³-hybridized carbons (Fsp3) is 0.0769. The Morgan fingerprint density at radius 1 is 1.26 bits per heavy atom. The SMILES string of the molecule is Cc1ccc(F)cc1Oc1ccc([N+](=O)[O-])c(N)c1. The van der Waals surface area contributed by atoms with Gasteiger partial charge in [0.05, 0.1) is 4.92 Å². The van der Waals surface area contributed by atoms with Gasteiger partial charge in [0, 0.05) is 18.2 Å². The molecule has 6 heteroatoms. The lowest BCUT2D eigenvalue weighted by Crippen LogP contribution is -1.96. The number of rotatable bonds is 3. The zero-order valence-corrected chi connectivity index (χ0v) is 10.1. The van der Waals surface area contributed by atoms with Crippen molar-refractivity contribution in [2.24, 2.45) is 0 Å². The number of nitrogen functional groups attached to an aromatic ring is 1. The van der Waals surface area contributed by atoms with Crippen LogP contribution in [-0.4, -0.2) is 4.92 Å². The van der Waals surface area contributed by atoms with Crippen molar-refractivity contribution in [3.05, 3.63) is 57.9 Å². The molecule has 0 radical (unpaired) electrons. The Balaban J connectivity index is 2.31. The molecule has 0 aromatic heterocycles. The summed E-state index contributed by atoms with van der Waals surface area (Å²) in [6.45, 7) is 1.77. The minimum absolute atomic E-state index is 0.00319. The number of aryl methyl sites for hydroxylation is 1. The third kappa shape index (κ3) is 2.79. The maximum atomic E-state index is 13.1. The molecular formula is C13H11FN2O3. The lowest BCUT2D eigenvalue weighted by molar-refractivity contribution is -0.383. The smallest absolute Gasteiger partial charge is 0.292 e. The zero-order chi connectivity index (χ0) is 14.0. The van der Waals surface area contributed by atoms with Crippen LogP contribution in [0, 0.1) is 22.9 Å². The minimum Gasteiger partial charge on any atom is -0.457 e. The molecule has 0 atom stereocenters. The van der Waals surface area contributed by atoms with Gasteiger partial charge in [-0.05, 0) is 24.6 Å². The number of ether oxygens (including phenoxy) is 1. The summed E-state index contributed by atoms with van der Waals surface area (Å²) in [5.74, 6) is 0.237. The van der Waals surface area contributed by atoms with E-state index in [0.29, 0.717) is 11.5 Å². The summed E-state index contributed by atoms with van der Waals surface area (Å²) in [6, 6.07) is 8.15. The summed E-state index contributed by atoms with van der Waals surface area (Å²) in [7, 11) is 0. The van der Waals surface area contributed by atoms with E-state index in [1.165, 1.54) is 30.3 Å². The molecule has 2 aromatic rings. The number of nitro benzene ring substituents is 1. The number of hydrogen-bond donors (Lipinski definition) is 1. The molecular weight excluding hydrogens is 251 g/mol. The summed E-state index contributed by atoms with van der Waals surface area (Å²) in [5, 5.41) is 10.6. The second-order valence-electron chi connectivity index (χ2n) is 3.99. The highest BCUT2D eigenvalue weighted by molar-refractivity contribution is 5.61. The van der Waals surface area contributed by atoms with Crippen molar-refractivity contribution in [2.75, 3.05) is 5.73 Å². The van der Waals surface area contributed by atoms with Crippen molar-refractivity contribution in [3.8, 4) is 11.5 Å². The summed E-state index contributed by atoms with van der Waals surface area (Å²) in [6.07, 6.45) is 0. The number of nitro groups is 1. The fourth-order valence-electron chi connectivity index (χ4n) is 1.57. The molecule has 19 heavy (non-hydrogen) atoms. The molecule has 0 fully saturated rings. The molecule has 0 saturated heterocycles. The Bertz CT molecular complexity index is 644. The Morgan fingerprint density at radius 2 is 2.00 bits per heavy atom. The van der Waals surface area contributed by atoms with Crippen molar-refractivity contribution < 1.29 is 14.1 Å². The normalized spacial score (nSPS) is 10.2. The van der Waals surface area contributed by atoms with Crippen LogP contribution in [0.4, 0.5) is 15.8 Å². The first-order valence-electron chi connectivity index (χ1n) is 5.45. The highest BCUT2D eigenvalue weighted by atomic mass is 19.1. The van der Waals surface area contributed by atoms with Crippen LogP contribution in [0.2, 0.25) is 0 Å². The van der Waals surface area contributed by atoms with E-state index in [2.05, 4.69) is 0 Å². The molecule has 0 aliphatic rings. The van der Waals surface area contributed by atoms with E-state index in [9.17, 15) is 14.5 Å². The quantitative estimate of drug-likeness (QED) is 0.522.